The van der Waals surface area contributed by atoms with Gasteiger partial charge in [0.25, 0.3) is 0 Å². The standard InChI is InChI=1S/C17H28O/c1-14-11-17(13-18)16-10-8-6-4-2-3-5-7-9-15(14)12-16/h14-16H,2-12H2,1H3. The van der Waals surface area contributed by atoms with Gasteiger partial charge in [-0.2, -0.15) is 0 Å². The van der Waals surface area contributed by atoms with Crippen molar-refractivity contribution >= 4 is 5.94 Å². The summed E-state index contributed by atoms with van der Waals surface area (Å²) < 4.78 is 0. The number of allylic oxidation sites excluding steroid dienone is 1. The summed E-state index contributed by atoms with van der Waals surface area (Å²) >= 11 is 0. The van der Waals surface area contributed by atoms with E-state index in [2.05, 4.69) is 12.9 Å². The summed E-state index contributed by atoms with van der Waals surface area (Å²) in [5, 5.41) is 0. The molecule has 0 saturated heterocycles. The molecule has 0 aliphatic heterocycles. The molecule has 0 amide bonds. The van der Waals surface area contributed by atoms with Crippen molar-refractivity contribution in [3.8, 4) is 0 Å². The Bertz CT molecular complexity index is 301. The number of carbonyl (C=O) groups excluding carboxylic acids is 1. The second-order valence-electron chi connectivity index (χ2n) is 6.55. The fraction of sp³-hybridized carbons (Fsp3) is 0.882. The van der Waals surface area contributed by atoms with E-state index >= 15 is 0 Å². The number of fused-ring (bicyclic) bond motifs is 2. The van der Waals surface area contributed by atoms with Gasteiger partial charge in [-0.1, -0.05) is 58.3 Å². The predicted octanol–water partition coefficient (Wildman–Crippen LogP) is 4.93. The summed E-state index contributed by atoms with van der Waals surface area (Å²) in [5.41, 5.74) is 1.11. The first-order valence-corrected chi connectivity index (χ1v) is 8.05. The summed E-state index contributed by atoms with van der Waals surface area (Å²) in [6.45, 7) is 2.34. The first-order valence-electron chi connectivity index (χ1n) is 8.05. The third kappa shape index (κ3) is 3.72. The van der Waals surface area contributed by atoms with Crippen LogP contribution in [0.2, 0.25) is 0 Å². The monoisotopic (exact) mass is 248 g/mol. The maximum Gasteiger partial charge on any atom is 0.123 e. The Balaban J connectivity index is 2.00. The smallest absolute Gasteiger partial charge is 0.123 e. The van der Waals surface area contributed by atoms with Crippen LogP contribution < -0.4 is 0 Å². The molecule has 2 fully saturated rings. The van der Waals surface area contributed by atoms with E-state index in [1.807, 2.05) is 0 Å². The third-order valence-corrected chi connectivity index (χ3v) is 5.19. The molecule has 0 aromatic carbocycles. The Kier molecular flexibility index (Phi) is 5.50. The van der Waals surface area contributed by atoms with Gasteiger partial charge < -0.3 is 0 Å². The van der Waals surface area contributed by atoms with Gasteiger partial charge in [-0.3, -0.25) is 0 Å². The summed E-state index contributed by atoms with van der Waals surface area (Å²) in [5.74, 6) is 4.42. The summed E-state index contributed by atoms with van der Waals surface area (Å²) in [6.07, 6.45) is 14.7. The molecule has 18 heavy (non-hydrogen) atoms. The molecule has 1 nitrogen and oxygen atoms in total. The van der Waals surface area contributed by atoms with Crippen molar-refractivity contribution in [2.75, 3.05) is 0 Å². The molecule has 102 valence electrons. The zero-order chi connectivity index (χ0) is 12.8. The van der Waals surface area contributed by atoms with Gasteiger partial charge in [0.2, 0.25) is 0 Å². The van der Waals surface area contributed by atoms with Crippen LogP contribution in [-0.2, 0) is 4.79 Å². The van der Waals surface area contributed by atoms with E-state index in [0.29, 0.717) is 11.8 Å². The quantitative estimate of drug-likeness (QED) is 0.555. The van der Waals surface area contributed by atoms with Gasteiger partial charge >= 0.3 is 0 Å². The minimum Gasteiger partial charge on any atom is -0.234 e. The van der Waals surface area contributed by atoms with Crippen molar-refractivity contribution in [3.63, 3.8) is 0 Å². The lowest BCUT2D eigenvalue weighted by Crippen LogP contribution is -2.25. The maximum atomic E-state index is 11.1. The molecule has 2 rings (SSSR count). The van der Waals surface area contributed by atoms with E-state index < -0.39 is 0 Å². The van der Waals surface area contributed by atoms with Crippen molar-refractivity contribution in [2.45, 2.75) is 77.6 Å². The predicted molar refractivity (Wildman–Crippen MR) is 76.1 cm³/mol. The average molecular weight is 248 g/mol. The SMILES string of the molecule is CC1CC(=C=O)C2CCCCCCCCCC1C2. The largest absolute Gasteiger partial charge is 0.234 e. The van der Waals surface area contributed by atoms with Gasteiger partial charge in [-0.25, -0.2) is 4.79 Å². The molecule has 0 heterocycles. The van der Waals surface area contributed by atoms with E-state index in [1.54, 1.807) is 0 Å². The first-order chi connectivity index (χ1) is 8.81. The minimum atomic E-state index is 0.572. The van der Waals surface area contributed by atoms with Crippen LogP contribution in [0.5, 0.6) is 0 Å². The van der Waals surface area contributed by atoms with Crippen molar-refractivity contribution < 1.29 is 4.79 Å². The molecule has 3 unspecified atom stereocenters. The van der Waals surface area contributed by atoms with Crippen LogP contribution in [0.3, 0.4) is 0 Å². The molecule has 2 bridgehead atoms. The van der Waals surface area contributed by atoms with Crippen LogP contribution in [0.15, 0.2) is 5.57 Å². The second-order valence-corrected chi connectivity index (χ2v) is 6.55. The van der Waals surface area contributed by atoms with Crippen molar-refractivity contribution in [1.82, 2.24) is 0 Å². The summed E-state index contributed by atoms with van der Waals surface area (Å²) in [4.78, 5) is 11.1. The normalized spacial score (nSPS) is 35.2. The Morgan fingerprint density at radius 1 is 0.944 bits per heavy atom. The van der Waals surface area contributed by atoms with Crippen LogP contribution in [-0.4, -0.2) is 5.94 Å². The molecule has 0 radical (unpaired) electrons. The molecular weight excluding hydrogens is 220 g/mol. The first kappa shape index (κ1) is 13.9. The van der Waals surface area contributed by atoms with E-state index in [1.165, 1.54) is 64.2 Å². The number of hydrogen-bond acceptors (Lipinski definition) is 1. The topological polar surface area (TPSA) is 17.1 Å². The average Bonchev–Trinajstić information content (AvgIpc) is 2.36. The molecular formula is C17H28O. The van der Waals surface area contributed by atoms with Crippen LogP contribution in [0.25, 0.3) is 0 Å². The van der Waals surface area contributed by atoms with Gasteiger partial charge in [-0.05, 0) is 37.0 Å². The molecule has 2 saturated carbocycles. The number of hydrogen-bond donors (Lipinski definition) is 0. The highest BCUT2D eigenvalue weighted by Crippen LogP contribution is 2.41. The molecule has 1 heteroatoms. The zero-order valence-corrected chi connectivity index (χ0v) is 11.9. The Hall–Kier alpha value is -0.550. The highest BCUT2D eigenvalue weighted by Gasteiger charge is 2.31. The number of rotatable bonds is 0. The maximum absolute atomic E-state index is 11.1. The van der Waals surface area contributed by atoms with Crippen molar-refractivity contribution in [3.05, 3.63) is 5.57 Å². The van der Waals surface area contributed by atoms with E-state index in [0.717, 1.165) is 17.9 Å². The Morgan fingerprint density at radius 2 is 1.56 bits per heavy atom. The lowest BCUT2D eigenvalue weighted by atomic mass is 9.69. The van der Waals surface area contributed by atoms with E-state index in [9.17, 15) is 4.79 Å². The minimum absolute atomic E-state index is 0.572. The van der Waals surface area contributed by atoms with Gasteiger partial charge in [0.1, 0.15) is 5.94 Å². The lowest BCUT2D eigenvalue weighted by molar-refractivity contribution is 0.218. The van der Waals surface area contributed by atoms with Gasteiger partial charge in [0.05, 0.1) is 0 Å². The van der Waals surface area contributed by atoms with Crippen molar-refractivity contribution in [2.24, 2.45) is 17.8 Å². The fourth-order valence-electron chi connectivity index (χ4n) is 3.92. The van der Waals surface area contributed by atoms with E-state index in [-0.39, 0.29) is 0 Å². The molecule has 2 aliphatic rings. The Labute approximate surface area is 112 Å². The summed E-state index contributed by atoms with van der Waals surface area (Å²) in [6, 6.07) is 0. The highest BCUT2D eigenvalue weighted by molar-refractivity contribution is 5.53. The van der Waals surface area contributed by atoms with Crippen LogP contribution in [0.1, 0.15) is 77.6 Å². The van der Waals surface area contributed by atoms with Crippen LogP contribution >= 0.6 is 0 Å². The molecule has 0 aromatic rings. The van der Waals surface area contributed by atoms with Crippen LogP contribution in [0, 0.1) is 17.8 Å². The Morgan fingerprint density at radius 3 is 2.22 bits per heavy atom. The molecule has 0 aromatic heterocycles. The lowest BCUT2D eigenvalue weighted by Gasteiger charge is -2.35. The second kappa shape index (κ2) is 7.14. The molecule has 2 aliphatic carbocycles. The summed E-state index contributed by atoms with van der Waals surface area (Å²) in [7, 11) is 0. The molecule has 0 N–H and O–H groups in total. The van der Waals surface area contributed by atoms with Crippen LogP contribution in [0.4, 0.5) is 0 Å². The zero-order valence-electron chi connectivity index (χ0n) is 11.9. The van der Waals surface area contributed by atoms with Crippen molar-refractivity contribution in [1.29, 1.82) is 0 Å². The molecule has 3 atom stereocenters. The van der Waals surface area contributed by atoms with Gasteiger partial charge in [0.15, 0.2) is 0 Å². The fourth-order valence-corrected chi connectivity index (χ4v) is 3.92. The van der Waals surface area contributed by atoms with Gasteiger partial charge in [-0.15, -0.1) is 0 Å². The van der Waals surface area contributed by atoms with Gasteiger partial charge in [0, 0.05) is 5.57 Å². The highest BCUT2D eigenvalue weighted by atomic mass is 16.1. The third-order valence-electron chi connectivity index (χ3n) is 5.19. The molecule has 0 spiro atoms. The van der Waals surface area contributed by atoms with E-state index in [4.69, 9.17) is 0 Å².